The fourth-order valence-corrected chi connectivity index (χ4v) is 4.45. The summed E-state index contributed by atoms with van der Waals surface area (Å²) >= 11 is 0. The molecule has 11 nitrogen and oxygen atoms in total. The van der Waals surface area contributed by atoms with Crippen LogP contribution in [-0.2, 0) is 35.1 Å². The Kier molecular flexibility index (Phi) is 15.1. The van der Waals surface area contributed by atoms with Crippen molar-refractivity contribution in [2.45, 2.75) is 49.7 Å². The second-order valence-electron chi connectivity index (χ2n) is 9.68. The molecule has 0 saturated heterocycles. The number of aliphatic carboxylic acids is 3. The van der Waals surface area contributed by atoms with Crippen molar-refractivity contribution in [2.75, 3.05) is 14.2 Å². The Morgan fingerprint density at radius 3 is 1.30 bits per heavy atom. The molecule has 0 heterocycles. The summed E-state index contributed by atoms with van der Waals surface area (Å²) in [5.74, 6) is -3.50. The van der Waals surface area contributed by atoms with Crippen LogP contribution in [-0.4, -0.2) is 75.9 Å². The van der Waals surface area contributed by atoms with Gasteiger partial charge in [0.1, 0.15) is 5.60 Å². The summed E-state index contributed by atoms with van der Waals surface area (Å²) in [6, 6.07) is 26.0. The Hall–Kier alpha value is -4.39. The first-order valence-corrected chi connectivity index (χ1v) is 13.6. The van der Waals surface area contributed by atoms with E-state index in [0.717, 1.165) is 0 Å². The maximum absolute atomic E-state index is 11.3. The summed E-state index contributed by atoms with van der Waals surface area (Å²) < 4.78 is 10.8. The largest absolute Gasteiger partial charge is 0.479 e. The third kappa shape index (κ3) is 8.82. The SMILES string of the molecule is C=C(C)C(OC)(c1ccccc1)[C@H](O)C(=O)O.CC[C@H]([NH3+])C(=O)O.COC(c1ccccc1)(c1ccccc1)[C@H](O)C(=O)O. The summed E-state index contributed by atoms with van der Waals surface area (Å²) in [6.07, 6.45) is -2.81. The van der Waals surface area contributed by atoms with Gasteiger partial charge in [0, 0.05) is 20.6 Å². The van der Waals surface area contributed by atoms with Crippen LogP contribution in [0, 0.1) is 0 Å². The van der Waals surface area contributed by atoms with Crippen LogP contribution in [0.2, 0.25) is 0 Å². The van der Waals surface area contributed by atoms with Gasteiger partial charge >= 0.3 is 17.9 Å². The van der Waals surface area contributed by atoms with Crippen molar-refractivity contribution in [3.63, 3.8) is 0 Å². The minimum absolute atomic E-state index is 0.431. The van der Waals surface area contributed by atoms with Gasteiger partial charge in [0.15, 0.2) is 23.9 Å². The van der Waals surface area contributed by atoms with Crippen molar-refractivity contribution in [3.8, 4) is 0 Å². The quantitative estimate of drug-likeness (QED) is 0.165. The lowest BCUT2D eigenvalue weighted by molar-refractivity contribution is -0.408. The van der Waals surface area contributed by atoms with Gasteiger partial charge in [0.2, 0.25) is 0 Å². The van der Waals surface area contributed by atoms with E-state index < -0.39 is 47.4 Å². The molecule has 3 rings (SSSR count). The van der Waals surface area contributed by atoms with Crippen LogP contribution in [0.1, 0.15) is 37.0 Å². The van der Waals surface area contributed by atoms with Crippen molar-refractivity contribution in [2.24, 2.45) is 0 Å². The average Bonchev–Trinajstić information content (AvgIpc) is 3.03. The lowest BCUT2D eigenvalue weighted by atomic mass is 9.81. The number of rotatable bonds is 12. The third-order valence-corrected chi connectivity index (χ3v) is 6.97. The maximum atomic E-state index is 11.3. The van der Waals surface area contributed by atoms with Crippen LogP contribution in [0.15, 0.2) is 103 Å². The van der Waals surface area contributed by atoms with Crippen LogP contribution in [0.25, 0.3) is 0 Å². The smallest absolute Gasteiger partial charge is 0.362 e. The van der Waals surface area contributed by atoms with Gasteiger partial charge in [-0.2, -0.15) is 0 Å². The molecular formula is C33H42NO10+. The number of ether oxygens (including phenoxy) is 2. The van der Waals surface area contributed by atoms with Crippen molar-refractivity contribution in [3.05, 3.63) is 120 Å². The number of benzene rings is 3. The fourth-order valence-electron chi connectivity index (χ4n) is 4.45. The van der Waals surface area contributed by atoms with Crippen molar-refractivity contribution < 1.29 is 55.1 Å². The molecule has 3 aromatic rings. The van der Waals surface area contributed by atoms with Crippen molar-refractivity contribution >= 4 is 17.9 Å². The molecule has 4 atom stereocenters. The summed E-state index contributed by atoms with van der Waals surface area (Å²) in [5.41, 5.74) is 2.66. The zero-order valence-electron chi connectivity index (χ0n) is 25.3. The molecular weight excluding hydrogens is 570 g/mol. The molecule has 3 aromatic carbocycles. The van der Waals surface area contributed by atoms with Crippen molar-refractivity contribution in [1.82, 2.24) is 0 Å². The molecule has 0 aliphatic heterocycles. The monoisotopic (exact) mass is 612 g/mol. The topological polar surface area (TPSA) is 198 Å². The molecule has 0 aliphatic carbocycles. The lowest BCUT2D eigenvalue weighted by Gasteiger charge is -2.35. The first kappa shape index (κ1) is 37.6. The van der Waals surface area contributed by atoms with Gasteiger partial charge < -0.3 is 40.7 Å². The van der Waals surface area contributed by atoms with Gasteiger partial charge in [-0.25, -0.2) is 14.4 Å². The minimum Gasteiger partial charge on any atom is -0.479 e. The highest BCUT2D eigenvalue weighted by Crippen LogP contribution is 2.37. The molecule has 0 aromatic heterocycles. The molecule has 0 bridgehead atoms. The number of carbonyl (C=O) groups is 3. The molecule has 0 fully saturated rings. The van der Waals surface area contributed by atoms with Crippen molar-refractivity contribution in [1.29, 1.82) is 0 Å². The summed E-state index contributed by atoms with van der Waals surface area (Å²) in [5, 5.41) is 46.4. The van der Waals surface area contributed by atoms with E-state index in [-0.39, 0.29) is 0 Å². The molecule has 11 heteroatoms. The summed E-state index contributed by atoms with van der Waals surface area (Å²) in [4.78, 5) is 32.2. The Balaban J connectivity index is 0.000000367. The molecule has 0 spiro atoms. The number of methoxy groups -OCH3 is 2. The number of carboxylic acid groups (broad SMARTS) is 3. The third-order valence-electron chi connectivity index (χ3n) is 6.97. The molecule has 0 saturated carbocycles. The first-order chi connectivity index (χ1) is 20.8. The van der Waals surface area contributed by atoms with E-state index in [4.69, 9.17) is 19.7 Å². The van der Waals surface area contributed by atoms with E-state index in [1.165, 1.54) is 14.2 Å². The van der Waals surface area contributed by atoms with E-state index in [1.807, 2.05) is 12.1 Å². The van der Waals surface area contributed by atoms with Gasteiger partial charge in [-0.05, 0) is 29.2 Å². The standard InChI is InChI=1S/C16H16O4.C13H16O4.C4H9NO2/c1-20-16(14(17)15(18)19,12-8-4-2-5-9-12)13-10-6-3-7-11-13;1-9(2)13(17-3,11(14)12(15)16)10-7-5-4-6-8-10;1-2-3(5)4(6)7/h2-11,14,17H,1H3,(H,18,19);4-8,11,14H,1H2,2-3H3,(H,15,16);3H,2,5H2,1H3,(H,6,7)/p+1/t14-;11-,13?;3-/m110/s1. The molecule has 238 valence electrons. The van der Waals surface area contributed by atoms with Crippen LogP contribution in [0.5, 0.6) is 0 Å². The van der Waals surface area contributed by atoms with E-state index in [2.05, 4.69) is 12.3 Å². The van der Waals surface area contributed by atoms with Gasteiger partial charge in [0.25, 0.3) is 0 Å². The number of carboxylic acids is 3. The average molecular weight is 613 g/mol. The van der Waals surface area contributed by atoms with Gasteiger partial charge in [-0.1, -0.05) is 104 Å². The Morgan fingerprint density at radius 1 is 0.705 bits per heavy atom. The maximum Gasteiger partial charge on any atom is 0.362 e. The van der Waals surface area contributed by atoms with E-state index in [1.54, 1.807) is 92.7 Å². The Bertz CT molecular complexity index is 1290. The van der Waals surface area contributed by atoms with Crippen LogP contribution in [0.3, 0.4) is 0 Å². The molecule has 0 amide bonds. The predicted molar refractivity (Wildman–Crippen MR) is 163 cm³/mol. The second kappa shape index (κ2) is 17.7. The molecule has 0 aliphatic rings. The van der Waals surface area contributed by atoms with E-state index in [9.17, 15) is 29.7 Å². The number of aliphatic hydroxyl groups excluding tert-OH is 2. The van der Waals surface area contributed by atoms with Crippen LogP contribution >= 0.6 is 0 Å². The number of hydrogen-bond acceptors (Lipinski definition) is 7. The molecule has 1 unspecified atom stereocenters. The number of aliphatic hydroxyl groups is 2. The molecule has 44 heavy (non-hydrogen) atoms. The molecule has 0 radical (unpaired) electrons. The van der Waals surface area contributed by atoms with E-state index >= 15 is 0 Å². The highest BCUT2D eigenvalue weighted by molar-refractivity contribution is 5.76. The zero-order valence-corrected chi connectivity index (χ0v) is 25.3. The minimum atomic E-state index is -1.71. The van der Waals surface area contributed by atoms with Crippen LogP contribution < -0.4 is 5.73 Å². The highest BCUT2D eigenvalue weighted by Gasteiger charge is 2.46. The second-order valence-corrected chi connectivity index (χ2v) is 9.68. The fraction of sp³-hybridized carbons (Fsp3) is 0.303. The van der Waals surface area contributed by atoms with E-state index in [0.29, 0.717) is 28.7 Å². The Labute approximate surface area is 256 Å². The summed E-state index contributed by atoms with van der Waals surface area (Å²) in [6.45, 7) is 7.16. The van der Waals surface area contributed by atoms with Gasteiger partial charge in [-0.15, -0.1) is 0 Å². The van der Waals surface area contributed by atoms with Crippen LogP contribution in [0.4, 0.5) is 0 Å². The first-order valence-electron chi connectivity index (χ1n) is 13.6. The van der Waals surface area contributed by atoms with Gasteiger partial charge in [-0.3, -0.25) is 0 Å². The number of quaternary nitrogens is 1. The molecule has 8 N–H and O–H groups in total. The highest BCUT2D eigenvalue weighted by atomic mass is 16.5. The Morgan fingerprint density at radius 2 is 1.07 bits per heavy atom. The lowest BCUT2D eigenvalue weighted by Crippen LogP contribution is -2.64. The van der Waals surface area contributed by atoms with Gasteiger partial charge in [0.05, 0.1) is 0 Å². The normalized spacial score (nSPS) is 14.2. The number of hydrogen-bond donors (Lipinski definition) is 6. The predicted octanol–water partition coefficient (Wildman–Crippen LogP) is 2.66. The summed E-state index contributed by atoms with van der Waals surface area (Å²) in [7, 11) is 2.75. The zero-order chi connectivity index (χ0) is 33.5.